The molecule has 1 fully saturated rings. The van der Waals surface area contributed by atoms with Crippen LogP contribution >= 0.6 is 15.9 Å². The zero-order chi connectivity index (χ0) is 13.3. The van der Waals surface area contributed by atoms with Gasteiger partial charge in [0, 0.05) is 6.42 Å². The first-order valence-corrected chi connectivity index (χ1v) is 6.98. The second-order valence-electron chi connectivity index (χ2n) is 4.82. The van der Waals surface area contributed by atoms with Gasteiger partial charge in [0.15, 0.2) is 11.5 Å². The minimum Gasteiger partial charge on any atom is -0.493 e. The molecule has 0 aliphatic heterocycles. The molecule has 0 unspecified atom stereocenters. The van der Waals surface area contributed by atoms with Crippen LogP contribution in [0.1, 0.15) is 30.9 Å². The fraction of sp³-hybridized carbons (Fsp3) is 0.571. The Morgan fingerprint density at radius 1 is 1.33 bits per heavy atom. The first-order chi connectivity index (χ1) is 8.54. The van der Waals surface area contributed by atoms with Crippen molar-refractivity contribution in [2.24, 2.45) is 0 Å². The largest absolute Gasteiger partial charge is 0.493 e. The van der Waals surface area contributed by atoms with Crippen molar-refractivity contribution in [3.05, 3.63) is 21.7 Å². The molecule has 0 bridgehead atoms. The summed E-state index contributed by atoms with van der Waals surface area (Å²) in [7, 11) is 3.27. The average Bonchev–Trinajstić information content (AvgIpc) is 3.06. The summed E-state index contributed by atoms with van der Waals surface area (Å²) in [5.41, 5.74) is 1.83. The zero-order valence-corrected chi connectivity index (χ0v) is 12.6. The van der Waals surface area contributed by atoms with E-state index in [4.69, 9.17) is 9.47 Å². The lowest BCUT2D eigenvalue weighted by atomic mass is 9.98. The minimum absolute atomic E-state index is 0.497. The molecule has 0 heterocycles. The Morgan fingerprint density at radius 3 is 2.44 bits per heavy atom. The predicted octanol–water partition coefficient (Wildman–Crippen LogP) is 3.10. The quantitative estimate of drug-likeness (QED) is 0.907. The van der Waals surface area contributed by atoms with Crippen LogP contribution in [-0.4, -0.2) is 24.9 Å². The van der Waals surface area contributed by atoms with Gasteiger partial charge in [-0.15, -0.1) is 0 Å². The molecule has 18 heavy (non-hydrogen) atoms. The summed E-state index contributed by atoms with van der Waals surface area (Å²) < 4.78 is 11.7. The Bertz CT molecular complexity index is 453. The summed E-state index contributed by atoms with van der Waals surface area (Å²) in [5, 5.41) is 10.1. The van der Waals surface area contributed by atoms with Gasteiger partial charge in [-0.2, -0.15) is 0 Å². The van der Waals surface area contributed by atoms with Gasteiger partial charge in [-0.25, -0.2) is 0 Å². The summed E-state index contributed by atoms with van der Waals surface area (Å²) in [4.78, 5) is 0. The van der Waals surface area contributed by atoms with E-state index in [9.17, 15) is 5.11 Å². The van der Waals surface area contributed by atoms with E-state index in [2.05, 4.69) is 22.9 Å². The fourth-order valence-electron chi connectivity index (χ4n) is 2.25. The molecule has 0 aromatic heterocycles. The molecule has 4 heteroatoms. The van der Waals surface area contributed by atoms with Crippen molar-refractivity contribution < 1.29 is 14.6 Å². The fourth-order valence-corrected chi connectivity index (χ4v) is 3.15. The Labute approximate surface area is 116 Å². The van der Waals surface area contributed by atoms with E-state index in [0.717, 1.165) is 35.0 Å². The van der Waals surface area contributed by atoms with E-state index in [-0.39, 0.29) is 0 Å². The third-order valence-corrected chi connectivity index (χ3v) is 4.34. The monoisotopic (exact) mass is 314 g/mol. The third-order valence-electron chi connectivity index (χ3n) is 3.51. The summed E-state index contributed by atoms with van der Waals surface area (Å²) in [6.45, 7) is 2.10. The molecule has 100 valence electrons. The molecule has 0 spiro atoms. The second kappa shape index (κ2) is 5.10. The van der Waals surface area contributed by atoms with Crippen molar-refractivity contribution >= 4 is 15.9 Å². The Morgan fingerprint density at radius 2 is 2.00 bits per heavy atom. The summed E-state index contributed by atoms with van der Waals surface area (Å²) in [6, 6.07) is 1.98. The molecule has 3 nitrogen and oxygen atoms in total. The van der Waals surface area contributed by atoms with Gasteiger partial charge in [-0.1, -0.05) is 6.92 Å². The highest BCUT2D eigenvalue weighted by Gasteiger charge is 2.41. The van der Waals surface area contributed by atoms with E-state index >= 15 is 0 Å². The van der Waals surface area contributed by atoms with Gasteiger partial charge < -0.3 is 14.6 Å². The minimum atomic E-state index is -0.497. The van der Waals surface area contributed by atoms with E-state index in [1.54, 1.807) is 14.2 Å². The number of ether oxygens (including phenoxy) is 2. The number of aliphatic hydroxyl groups is 1. The molecule has 1 aliphatic rings. The third kappa shape index (κ3) is 2.50. The number of hydrogen-bond donors (Lipinski definition) is 1. The Hall–Kier alpha value is -0.740. The summed E-state index contributed by atoms with van der Waals surface area (Å²) in [6.07, 6.45) is 3.37. The molecule has 0 amide bonds. The maximum absolute atomic E-state index is 10.1. The predicted molar refractivity (Wildman–Crippen MR) is 74.5 cm³/mol. The second-order valence-corrected chi connectivity index (χ2v) is 5.61. The van der Waals surface area contributed by atoms with Crippen molar-refractivity contribution in [1.29, 1.82) is 0 Å². The number of hydrogen-bond acceptors (Lipinski definition) is 3. The van der Waals surface area contributed by atoms with Gasteiger partial charge in [0.2, 0.25) is 0 Å². The SMILES string of the molecule is CCc1c(CC2(O)CC2)cc(OC)c(OC)c1Br. The lowest BCUT2D eigenvalue weighted by Gasteiger charge is -2.18. The highest BCUT2D eigenvalue weighted by Crippen LogP contribution is 2.44. The molecule has 2 rings (SSSR count). The van der Waals surface area contributed by atoms with Gasteiger partial charge in [-0.05, 0) is 52.4 Å². The van der Waals surface area contributed by atoms with E-state index < -0.39 is 5.60 Å². The molecule has 0 radical (unpaired) electrons. The Kier molecular flexibility index (Phi) is 3.87. The molecule has 0 saturated heterocycles. The van der Waals surface area contributed by atoms with Crippen LogP contribution in [-0.2, 0) is 12.8 Å². The van der Waals surface area contributed by atoms with Crippen LogP contribution in [0.5, 0.6) is 11.5 Å². The van der Waals surface area contributed by atoms with Gasteiger partial charge in [0.05, 0.1) is 24.3 Å². The average molecular weight is 315 g/mol. The van der Waals surface area contributed by atoms with Crippen molar-refractivity contribution in [3.63, 3.8) is 0 Å². The molecule has 1 aromatic rings. The van der Waals surface area contributed by atoms with Crippen LogP contribution < -0.4 is 9.47 Å². The molecule has 1 aliphatic carbocycles. The van der Waals surface area contributed by atoms with E-state index in [0.29, 0.717) is 12.2 Å². The smallest absolute Gasteiger partial charge is 0.175 e. The molecule has 1 saturated carbocycles. The van der Waals surface area contributed by atoms with Gasteiger partial charge >= 0.3 is 0 Å². The van der Waals surface area contributed by atoms with Gasteiger partial charge in [0.1, 0.15) is 0 Å². The van der Waals surface area contributed by atoms with Crippen LogP contribution in [0.25, 0.3) is 0 Å². The summed E-state index contributed by atoms with van der Waals surface area (Å²) >= 11 is 3.59. The van der Waals surface area contributed by atoms with E-state index in [1.807, 2.05) is 6.07 Å². The first kappa shape index (κ1) is 13.7. The van der Waals surface area contributed by atoms with Crippen LogP contribution in [0.15, 0.2) is 10.5 Å². The molecule has 1 aromatic carbocycles. The zero-order valence-electron chi connectivity index (χ0n) is 11.0. The maximum atomic E-state index is 10.1. The normalized spacial score (nSPS) is 16.5. The molecular weight excluding hydrogens is 296 g/mol. The highest BCUT2D eigenvalue weighted by atomic mass is 79.9. The van der Waals surface area contributed by atoms with Crippen LogP contribution in [0.3, 0.4) is 0 Å². The summed E-state index contributed by atoms with van der Waals surface area (Å²) in [5.74, 6) is 1.43. The number of halogens is 1. The van der Waals surface area contributed by atoms with Crippen LogP contribution in [0.4, 0.5) is 0 Å². The van der Waals surface area contributed by atoms with Crippen LogP contribution in [0, 0.1) is 0 Å². The number of benzene rings is 1. The van der Waals surface area contributed by atoms with Crippen LogP contribution in [0.2, 0.25) is 0 Å². The molecule has 1 N–H and O–H groups in total. The first-order valence-electron chi connectivity index (χ1n) is 6.19. The molecular formula is C14H19BrO3. The topological polar surface area (TPSA) is 38.7 Å². The Balaban J connectivity index is 2.47. The number of methoxy groups -OCH3 is 2. The highest BCUT2D eigenvalue weighted by molar-refractivity contribution is 9.10. The number of rotatable bonds is 5. The molecule has 0 atom stereocenters. The maximum Gasteiger partial charge on any atom is 0.175 e. The van der Waals surface area contributed by atoms with Crippen molar-refractivity contribution in [2.75, 3.05) is 14.2 Å². The van der Waals surface area contributed by atoms with Crippen molar-refractivity contribution in [2.45, 2.75) is 38.2 Å². The lowest BCUT2D eigenvalue weighted by Crippen LogP contribution is -2.13. The van der Waals surface area contributed by atoms with Crippen molar-refractivity contribution in [1.82, 2.24) is 0 Å². The standard InChI is InChI=1S/C14H19BrO3/c1-4-10-9(8-14(16)5-6-14)7-11(17-2)13(18-3)12(10)15/h7,16H,4-6,8H2,1-3H3. The van der Waals surface area contributed by atoms with Gasteiger partial charge in [-0.3, -0.25) is 0 Å². The lowest BCUT2D eigenvalue weighted by molar-refractivity contribution is 0.150. The van der Waals surface area contributed by atoms with E-state index in [1.165, 1.54) is 5.56 Å². The van der Waals surface area contributed by atoms with Gasteiger partial charge in [0.25, 0.3) is 0 Å². The van der Waals surface area contributed by atoms with Crippen molar-refractivity contribution in [3.8, 4) is 11.5 Å².